The third-order valence-corrected chi connectivity index (χ3v) is 19.6. The summed E-state index contributed by atoms with van der Waals surface area (Å²) in [5, 5.41) is 10.9. The van der Waals surface area contributed by atoms with Crippen LogP contribution in [0.2, 0.25) is 5.02 Å². The van der Waals surface area contributed by atoms with E-state index in [-0.39, 0.29) is 101 Å². The van der Waals surface area contributed by atoms with Crippen LogP contribution in [0.5, 0.6) is 0 Å². The van der Waals surface area contributed by atoms with E-state index in [0.717, 1.165) is 50.7 Å². The first-order valence-corrected chi connectivity index (χ1v) is 33.1. The van der Waals surface area contributed by atoms with E-state index < -0.39 is 137 Å². The first-order chi connectivity index (χ1) is 42.8. The number of nitrogens with one attached hydrogen (secondary N) is 4. The number of hydrogen-bond acceptors (Lipinski definition) is 11. The molecular formula is C65H99ClF3N11O11. The average Bonchev–Trinajstić information content (AvgIpc) is 1.28. The van der Waals surface area contributed by atoms with Gasteiger partial charge < -0.3 is 55.6 Å². The van der Waals surface area contributed by atoms with Crippen molar-refractivity contribution in [2.24, 2.45) is 23.7 Å². The summed E-state index contributed by atoms with van der Waals surface area (Å²) < 4.78 is 41.1. The molecule has 91 heavy (non-hydrogen) atoms. The number of rotatable bonds is 9. The zero-order valence-corrected chi connectivity index (χ0v) is 55.9. The SMILES string of the molecule is CC(C)C[C@H]1C(=O)N[C@@H](C2CCC2)C(=O)N(C)[C@@H](C)C(=O)N2CC[C@H]2C(=O)N(C)[C@@H](CC2CCCCC2)C(=O)N(C)CC(=O)N[C@@H](CCc2ccc(C(F)(F)F)c(Cl)c2)C(=O)N2CCC[C@H]2C(=O)NCCCCC(=O)N(C)[C@@H](C(C)C)C(=O)N[C@H](C)CC(=O)N1C. The third-order valence-electron chi connectivity index (χ3n) is 19.3. The lowest BCUT2D eigenvalue weighted by Crippen LogP contribution is -2.65. The topological polar surface area (TPSA) is 259 Å². The standard InChI is InChI=1S/C65H99ClF3N11O11/c1-38(2)33-50-58(85)73-55(44-21-17-22-44)64(91)75(8)41(6)60(87)80-32-29-49(80)63(90)77(10)51(36-42-19-13-12-14-20-42)62(89)74(7)37-52(81)72-47(28-26-43-25-27-45(46(66)35-43)65(67,68)69)61(88)79-31-18-23-48(79)57(84)70-30-16-15-24-53(82)78(11)56(39(3)4)59(86)71-40(5)34-54(83)76(50)9/h25,27,35,38-42,44,47-51,55-56H,12-24,26,28-34,36-37H2,1-11H3,(H,70,84)(H,71,86)(H,72,81)(H,73,85)/t40-,41+,47+,48+,49+,50+,51+,55+,56+/m1/s1. The van der Waals surface area contributed by atoms with Gasteiger partial charge in [-0.1, -0.05) is 83.9 Å². The first-order valence-electron chi connectivity index (χ1n) is 32.8. The smallest absolute Gasteiger partial charge is 0.354 e. The number of hydrogen-bond donors (Lipinski definition) is 4. The van der Waals surface area contributed by atoms with E-state index in [1.165, 1.54) is 75.6 Å². The number of alkyl halides is 3. The minimum absolute atomic E-state index is 0.0248. The maximum absolute atomic E-state index is 14.8. The molecule has 2 saturated carbocycles. The van der Waals surface area contributed by atoms with Crippen LogP contribution in [-0.4, -0.2) is 215 Å². The number of amides is 11. The van der Waals surface area contributed by atoms with Crippen LogP contribution >= 0.6 is 11.6 Å². The Morgan fingerprint density at radius 3 is 1.88 bits per heavy atom. The number of nitrogens with zero attached hydrogens (tertiary/aromatic N) is 7. The van der Waals surface area contributed by atoms with Crippen molar-refractivity contribution in [1.82, 2.24) is 55.6 Å². The molecule has 3 saturated heterocycles. The predicted octanol–water partition coefficient (Wildman–Crippen LogP) is 5.31. The molecule has 26 heteroatoms. The number of benzene rings is 1. The number of carbonyl (C=O) groups excluding carboxylic acids is 11. The van der Waals surface area contributed by atoms with Gasteiger partial charge in [0.15, 0.2) is 0 Å². The highest BCUT2D eigenvalue weighted by Gasteiger charge is 2.47. The van der Waals surface area contributed by atoms with Gasteiger partial charge >= 0.3 is 6.18 Å². The van der Waals surface area contributed by atoms with E-state index in [1.807, 2.05) is 13.8 Å². The molecule has 22 nitrogen and oxygen atoms in total. The van der Waals surface area contributed by atoms with Crippen LogP contribution in [0.1, 0.15) is 168 Å². The van der Waals surface area contributed by atoms with E-state index >= 15 is 0 Å². The molecule has 5 fully saturated rings. The van der Waals surface area contributed by atoms with Gasteiger partial charge in [-0.25, -0.2) is 0 Å². The summed E-state index contributed by atoms with van der Waals surface area (Å²) in [6.45, 7) is 10.5. The zero-order valence-electron chi connectivity index (χ0n) is 55.1. The van der Waals surface area contributed by atoms with Crippen molar-refractivity contribution in [2.45, 2.75) is 224 Å². The lowest BCUT2D eigenvalue weighted by atomic mass is 9.79. The Balaban J connectivity index is 1.29. The second-order valence-corrected chi connectivity index (χ2v) is 27.3. The molecule has 0 bridgehead atoms. The summed E-state index contributed by atoms with van der Waals surface area (Å²) in [6.07, 6.45) is 3.65. The fraction of sp³-hybridized carbons (Fsp3) is 0.738. The van der Waals surface area contributed by atoms with Crippen LogP contribution in [0, 0.1) is 23.7 Å². The minimum atomic E-state index is -4.72. The highest BCUT2D eigenvalue weighted by atomic mass is 35.5. The van der Waals surface area contributed by atoms with Crippen molar-refractivity contribution in [3.63, 3.8) is 0 Å². The monoisotopic (exact) mass is 1300 g/mol. The molecule has 9 atom stereocenters. The summed E-state index contributed by atoms with van der Waals surface area (Å²) in [4.78, 5) is 167. The van der Waals surface area contributed by atoms with Gasteiger partial charge in [-0.05, 0) is 126 Å². The van der Waals surface area contributed by atoms with Gasteiger partial charge in [0, 0.05) is 73.8 Å². The number of fused-ring (bicyclic) bond motifs is 2. The van der Waals surface area contributed by atoms with Crippen molar-refractivity contribution in [2.75, 3.05) is 61.4 Å². The van der Waals surface area contributed by atoms with E-state index in [0.29, 0.717) is 37.7 Å². The number of carbonyl (C=O) groups is 11. The van der Waals surface area contributed by atoms with Gasteiger partial charge in [0.05, 0.1) is 17.1 Å². The van der Waals surface area contributed by atoms with Crippen LogP contribution in [0.15, 0.2) is 18.2 Å². The van der Waals surface area contributed by atoms with E-state index in [1.54, 1.807) is 27.7 Å². The Morgan fingerprint density at radius 2 is 1.29 bits per heavy atom. The maximum atomic E-state index is 14.8. The van der Waals surface area contributed by atoms with Gasteiger partial charge in [0.2, 0.25) is 65.0 Å². The Hall–Kier alpha value is -6.53. The third kappa shape index (κ3) is 19.1. The van der Waals surface area contributed by atoms with Gasteiger partial charge in [-0.2, -0.15) is 13.2 Å². The molecule has 0 radical (unpaired) electrons. The Bertz CT molecular complexity index is 2800. The largest absolute Gasteiger partial charge is 0.417 e. The Kier molecular flexibility index (Phi) is 26.5. The van der Waals surface area contributed by atoms with E-state index in [2.05, 4.69) is 21.3 Å². The molecular weight excluding hydrogens is 1200 g/mol. The molecule has 1 aromatic carbocycles. The van der Waals surface area contributed by atoms with Crippen molar-refractivity contribution < 1.29 is 65.9 Å². The Labute approximate surface area is 539 Å². The maximum Gasteiger partial charge on any atom is 0.417 e. The van der Waals surface area contributed by atoms with Crippen molar-refractivity contribution in [3.8, 4) is 0 Å². The lowest BCUT2D eigenvalue weighted by Gasteiger charge is -2.45. The Morgan fingerprint density at radius 1 is 0.615 bits per heavy atom. The molecule has 3 aliphatic heterocycles. The summed E-state index contributed by atoms with van der Waals surface area (Å²) >= 11 is 6.09. The first kappa shape index (κ1) is 73.5. The second kappa shape index (κ2) is 32.8. The van der Waals surface area contributed by atoms with Crippen LogP contribution < -0.4 is 21.3 Å². The van der Waals surface area contributed by atoms with Gasteiger partial charge in [-0.15, -0.1) is 0 Å². The summed E-state index contributed by atoms with van der Waals surface area (Å²) in [5.74, 6) is -6.44. The van der Waals surface area contributed by atoms with Crippen molar-refractivity contribution >= 4 is 76.6 Å². The van der Waals surface area contributed by atoms with Crippen molar-refractivity contribution in [1.29, 1.82) is 0 Å². The van der Waals surface area contributed by atoms with Gasteiger partial charge in [0.25, 0.3) is 0 Å². The molecule has 11 amide bonds. The molecule has 0 unspecified atom stereocenters. The number of aryl methyl sites for hydroxylation is 1. The lowest BCUT2D eigenvalue weighted by molar-refractivity contribution is -0.160. The average molecular weight is 1300 g/mol. The van der Waals surface area contributed by atoms with Crippen LogP contribution in [-0.2, 0) is 65.3 Å². The number of likely N-dealkylation sites (N-methyl/N-ethyl adjacent to an activating group) is 5. The quantitative estimate of drug-likeness (QED) is 0.247. The molecule has 0 aromatic heterocycles. The highest BCUT2D eigenvalue weighted by Crippen LogP contribution is 2.36. The van der Waals surface area contributed by atoms with Crippen molar-refractivity contribution in [3.05, 3.63) is 34.3 Å². The molecule has 6 rings (SSSR count). The molecule has 2 aliphatic carbocycles. The summed E-state index contributed by atoms with van der Waals surface area (Å²) in [6, 6.07) is -5.95. The molecule has 0 spiro atoms. The zero-order chi connectivity index (χ0) is 67.3. The fourth-order valence-electron chi connectivity index (χ4n) is 13.3. The fourth-order valence-corrected chi connectivity index (χ4v) is 13.6. The van der Waals surface area contributed by atoms with Crippen LogP contribution in [0.4, 0.5) is 13.2 Å². The second-order valence-electron chi connectivity index (χ2n) is 26.9. The number of halogens is 4. The molecule has 508 valence electrons. The van der Waals surface area contributed by atoms with Crippen LogP contribution in [0.3, 0.4) is 0 Å². The highest BCUT2D eigenvalue weighted by molar-refractivity contribution is 6.31. The molecule has 3 heterocycles. The minimum Gasteiger partial charge on any atom is -0.354 e. The summed E-state index contributed by atoms with van der Waals surface area (Å²) in [7, 11) is 7.40. The van der Waals surface area contributed by atoms with E-state index in [9.17, 15) is 65.9 Å². The summed E-state index contributed by atoms with van der Waals surface area (Å²) in [5.41, 5.74) is -0.708. The van der Waals surface area contributed by atoms with Gasteiger partial charge in [-0.3, -0.25) is 52.7 Å². The normalized spacial score (nSPS) is 27.9. The van der Waals surface area contributed by atoms with Gasteiger partial charge in [0.1, 0.15) is 48.3 Å². The predicted molar refractivity (Wildman–Crippen MR) is 335 cm³/mol. The molecule has 1 aromatic rings. The van der Waals surface area contributed by atoms with Crippen LogP contribution in [0.25, 0.3) is 0 Å². The molecule has 4 N–H and O–H groups in total. The van der Waals surface area contributed by atoms with E-state index in [4.69, 9.17) is 11.6 Å². The molecule has 5 aliphatic rings.